The van der Waals surface area contributed by atoms with Gasteiger partial charge >= 0.3 is 0 Å². The van der Waals surface area contributed by atoms with Crippen LogP contribution < -0.4 is 21.7 Å². The van der Waals surface area contributed by atoms with Crippen molar-refractivity contribution in [3.8, 4) is 0 Å². The van der Waals surface area contributed by atoms with Gasteiger partial charge in [-0.15, -0.1) is 0 Å². The summed E-state index contributed by atoms with van der Waals surface area (Å²) in [5, 5.41) is 4.06. The fourth-order valence-electron chi connectivity index (χ4n) is 6.04. The van der Waals surface area contributed by atoms with Crippen LogP contribution in [0, 0.1) is 11.8 Å². The first-order valence-electron chi connectivity index (χ1n) is 16.7. The van der Waals surface area contributed by atoms with Crippen molar-refractivity contribution in [2.75, 3.05) is 48.7 Å². The van der Waals surface area contributed by atoms with E-state index in [1.54, 1.807) is 6.20 Å². The second-order valence-electron chi connectivity index (χ2n) is 13.4. The number of rotatable bonds is 13. The van der Waals surface area contributed by atoms with Gasteiger partial charge in [-0.1, -0.05) is 45.0 Å². The van der Waals surface area contributed by atoms with Crippen LogP contribution in [0.4, 0.5) is 17.1 Å². The highest BCUT2D eigenvalue weighted by atomic mass is 35.5. The van der Waals surface area contributed by atoms with Crippen LogP contribution in [-0.4, -0.2) is 49.2 Å². The number of anilines is 3. The van der Waals surface area contributed by atoms with Crippen LogP contribution in [0.25, 0.3) is 5.70 Å². The molecule has 1 aliphatic carbocycles. The number of aliphatic imine (C=N–C) groups is 2. The van der Waals surface area contributed by atoms with Crippen LogP contribution >= 0.6 is 11.6 Å². The second kappa shape index (κ2) is 15.8. The fourth-order valence-corrected chi connectivity index (χ4v) is 6.25. The highest BCUT2D eigenvalue weighted by Crippen LogP contribution is 2.39. The van der Waals surface area contributed by atoms with Gasteiger partial charge in [-0.05, 0) is 100 Å². The summed E-state index contributed by atoms with van der Waals surface area (Å²) in [6, 6.07) is 10.7. The number of hydrogen-bond acceptors (Lipinski definition) is 6. The van der Waals surface area contributed by atoms with Gasteiger partial charge in [0.2, 0.25) is 0 Å². The molecule has 0 bridgehead atoms. The second-order valence-corrected chi connectivity index (χ2v) is 13.8. The molecule has 1 aliphatic heterocycles. The van der Waals surface area contributed by atoms with Gasteiger partial charge in [-0.2, -0.15) is 0 Å². The van der Waals surface area contributed by atoms with Crippen molar-refractivity contribution >= 4 is 45.9 Å². The molecule has 1 saturated heterocycles. The number of nitrogens with two attached hydrogens (primary N) is 2. The SMILES string of the molecule is C=C(Nc1ccc(N2CCN(CC3CC3)CC2)cc1)c1c(N)c(Cl)cc(C(C)C(C)=N/C(C)=C(C)/C(N)=N\C=C/C)c1CC(C)C. The number of piperazine rings is 1. The normalized spacial score (nSPS) is 17.9. The molecule has 7 nitrogen and oxygen atoms in total. The number of nitrogens with one attached hydrogen (secondary N) is 1. The summed E-state index contributed by atoms with van der Waals surface area (Å²) in [6.45, 7) is 24.6. The molecule has 2 aromatic rings. The molecular formula is C38H54ClN7. The maximum Gasteiger partial charge on any atom is 0.128 e. The average Bonchev–Trinajstić information content (AvgIpc) is 3.85. The van der Waals surface area contributed by atoms with Crippen molar-refractivity contribution in [1.82, 2.24) is 4.90 Å². The minimum Gasteiger partial charge on any atom is -0.397 e. The Morgan fingerprint density at radius 3 is 2.33 bits per heavy atom. The molecular weight excluding hydrogens is 590 g/mol. The number of allylic oxidation sites excluding steroid dienone is 2. The largest absolute Gasteiger partial charge is 0.397 e. The van der Waals surface area contributed by atoms with Crippen LogP contribution in [0.3, 0.4) is 0 Å². The molecule has 0 radical (unpaired) electrons. The van der Waals surface area contributed by atoms with Crippen molar-refractivity contribution < 1.29 is 0 Å². The first kappa shape index (κ1) is 35.3. The Kier molecular flexibility index (Phi) is 12.2. The van der Waals surface area contributed by atoms with E-state index in [1.165, 1.54) is 25.1 Å². The minimum atomic E-state index is -0.0149. The van der Waals surface area contributed by atoms with Crippen LogP contribution in [0.1, 0.15) is 83.9 Å². The Balaban J connectivity index is 1.57. The van der Waals surface area contributed by atoms with Crippen LogP contribution in [0.15, 0.2) is 70.4 Å². The summed E-state index contributed by atoms with van der Waals surface area (Å²) < 4.78 is 0. The van der Waals surface area contributed by atoms with E-state index in [1.807, 2.05) is 39.8 Å². The van der Waals surface area contributed by atoms with Crippen molar-refractivity contribution in [2.45, 2.75) is 73.6 Å². The molecule has 46 heavy (non-hydrogen) atoms. The Hall–Kier alpha value is -3.55. The molecule has 248 valence electrons. The van der Waals surface area contributed by atoms with Gasteiger partial charge in [0.1, 0.15) is 5.84 Å². The van der Waals surface area contributed by atoms with Crippen molar-refractivity contribution in [1.29, 1.82) is 0 Å². The lowest BCUT2D eigenvalue weighted by atomic mass is 9.84. The lowest BCUT2D eigenvalue weighted by Crippen LogP contribution is -2.47. The number of halogens is 1. The molecule has 5 N–H and O–H groups in total. The highest BCUT2D eigenvalue weighted by Gasteiger charge is 2.27. The molecule has 0 spiro atoms. The quantitative estimate of drug-likeness (QED) is 0.116. The molecule has 8 heteroatoms. The molecule has 1 heterocycles. The minimum absolute atomic E-state index is 0.0149. The molecule has 1 unspecified atom stereocenters. The van der Waals surface area contributed by atoms with E-state index in [0.29, 0.717) is 22.5 Å². The Morgan fingerprint density at radius 2 is 1.74 bits per heavy atom. The Bertz CT molecular complexity index is 1500. The molecule has 2 aliphatic rings. The first-order valence-corrected chi connectivity index (χ1v) is 17.1. The van der Waals surface area contributed by atoms with Gasteiger partial charge in [0.05, 0.1) is 10.7 Å². The zero-order valence-electron chi connectivity index (χ0n) is 29.0. The van der Waals surface area contributed by atoms with E-state index in [0.717, 1.165) is 83.6 Å². The molecule has 1 atom stereocenters. The van der Waals surface area contributed by atoms with E-state index >= 15 is 0 Å². The van der Waals surface area contributed by atoms with Gasteiger partial charge < -0.3 is 21.7 Å². The summed E-state index contributed by atoms with van der Waals surface area (Å²) in [5.74, 6) is 1.78. The van der Waals surface area contributed by atoms with E-state index in [-0.39, 0.29) is 5.92 Å². The molecule has 0 aromatic heterocycles. The number of benzene rings is 2. The van der Waals surface area contributed by atoms with Crippen molar-refractivity contribution in [3.63, 3.8) is 0 Å². The van der Waals surface area contributed by atoms with Crippen LogP contribution in [0.2, 0.25) is 5.02 Å². The van der Waals surface area contributed by atoms with Gasteiger partial charge in [0.25, 0.3) is 0 Å². The predicted octanol–water partition coefficient (Wildman–Crippen LogP) is 8.48. The van der Waals surface area contributed by atoms with E-state index in [9.17, 15) is 0 Å². The first-order chi connectivity index (χ1) is 21.9. The monoisotopic (exact) mass is 643 g/mol. The molecule has 2 aromatic carbocycles. The maximum absolute atomic E-state index is 6.83. The van der Waals surface area contributed by atoms with Gasteiger partial charge in [0, 0.05) is 84.5 Å². The third-order valence-corrected chi connectivity index (χ3v) is 9.53. The highest BCUT2D eigenvalue weighted by molar-refractivity contribution is 6.33. The fraction of sp³-hybridized carbons (Fsp3) is 0.474. The van der Waals surface area contributed by atoms with E-state index in [2.05, 4.69) is 71.7 Å². The van der Waals surface area contributed by atoms with Crippen LogP contribution in [-0.2, 0) is 6.42 Å². The zero-order valence-corrected chi connectivity index (χ0v) is 29.7. The van der Waals surface area contributed by atoms with Gasteiger partial charge in [-0.25, -0.2) is 4.99 Å². The summed E-state index contributed by atoms with van der Waals surface area (Å²) >= 11 is 6.83. The van der Waals surface area contributed by atoms with E-state index < -0.39 is 0 Å². The molecule has 4 rings (SSSR count). The summed E-state index contributed by atoms with van der Waals surface area (Å²) in [7, 11) is 0. The molecule has 0 amide bonds. The lowest BCUT2D eigenvalue weighted by molar-refractivity contribution is 0.248. The standard InChI is InChI=1S/C38H54ClN7/c1-9-16-42-38(41)26(5)28(7)43-27(6)25(4)33-22-35(39)37(40)36(34(33)21-24(2)3)29(8)44-31-12-14-32(15-13-31)46-19-17-45(18-20-46)23-30-10-11-30/h9,12-16,22,24-25,30,44H,8,10-11,17-21,23,40H2,1-7H3,(H2,41,42)/b16-9-,28-26+,43-27?. The third kappa shape index (κ3) is 9.04. The molecule has 1 saturated carbocycles. The topological polar surface area (TPSA) is 95.3 Å². The predicted molar refractivity (Wildman–Crippen MR) is 201 cm³/mol. The smallest absolute Gasteiger partial charge is 0.128 e. The van der Waals surface area contributed by atoms with Crippen molar-refractivity contribution in [3.05, 3.63) is 82.2 Å². The Morgan fingerprint density at radius 1 is 1.09 bits per heavy atom. The number of amidine groups is 1. The summed E-state index contributed by atoms with van der Waals surface area (Å²) in [4.78, 5) is 14.3. The summed E-state index contributed by atoms with van der Waals surface area (Å²) in [6.07, 6.45) is 7.19. The average molecular weight is 644 g/mol. The molecule has 2 fully saturated rings. The Labute approximate surface area is 282 Å². The lowest BCUT2D eigenvalue weighted by Gasteiger charge is -2.36. The van der Waals surface area contributed by atoms with Crippen LogP contribution in [0.5, 0.6) is 0 Å². The third-order valence-electron chi connectivity index (χ3n) is 9.21. The summed E-state index contributed by atoms with van der Waals surface area (Å²) in [5.41, 5.74) is 22.1. The van der Waals surface area contributed by atoms with Crippen molar-refractivity contribution in [2.24, 2.45) is 27.6 Å². The van der Waals surface area contributed by atoms with Gasteiger partial charge in [-0.3, -0.25) is 9.89 Å². The number of nitrogens with zero attached hydrogens (tertiary/aromatic N) is 4. The van der Waals surface area contributed by atoms with Gasteiger partial charge in [0.15, 0.2) is 0 Å². The maximum atomic E-state index is 6.83. The number of hydrogen-bond donors (Lipinski definition) is 3. The van der Waals surface area contributed by atoms with E-state index in [4.69, 9.17) is 28.1 Å². The number of nitrogen functional groups attached to an aromatic ring is 1. The zero-order chi connectivity index (χ0) is 33.5.